The van der Waals surface area contributed by atoms with E-state index in [0.717, 1.165) is 6.07 Å². The monoisotopic (exact) mass is 408 g/mol. The van der Waals surface area contributed by atoms with E-state index in [-0.39, 0.29) is 27.5 Å². The Morgan fingerprint density at radius 3 is 2.36 bits per heavy atom. The van der Waals surface area contributed by atoms with Gasteiger partial charge < -0.3 is 15.4 Å². The number of carbonyl (C=O) groups is 2. The number of rotatable bonds is 7. The van der Waals surface area contributed by atoms with Crippen LogP contribution in [0.1, 0.15) is 10.4 Å². The molecule has 0 saturated heterocycles. The summed E-state index contributed by atoms with van der Waals surface area (Å²) in [6.07, 6.45) is 0. The fourth-order valence-electron chi connectivity index (χ4n) is 2.16. The third-order valence-corrected chi connectivity index (χ3v) is 4.43. The van der Waals surface area contributed by atoms with Gasteiger partial charge in [0.1, 0.15) is 5.69 Å². The maximum atomic E-state index is 12.0. The highest BCUT2D eigenvalue weighted by molar-refractivity contribution is 7.89. The molecular formula is C16H16N4O7S. The van der Waals surface area contributed by atoms with Gasteiger partial charge in [0.05, 0.1) is 15.4 Å². The molecule has 0 aliphatic carbocycles. The molecule has 0 bridgehead atoms. The van der Waals surface area contributed by atoms with Crippen molar-refractivity contribution in [2.24, 2.45) is 5.14 Å². The number of hydrogen-bond acceptors (Lipinski definition) is 8. The highest BCUT2D eigenvalue weighted by Crippen LogP contribution is 2.25. The number of hydrogen-bond donors (Lipinski definition) is 3. The Balaban J connectivity index is 1.98. The number of nitrogens with one attached hydrogen (secondary N) is 2. The first-order chi connectivity index (χ1) is 13.1. The van der Waals surface area contributed by atoms with Gasteiger partial charge in [-0.1, -0.05) is 0 Å². The summed E-state index contributed by atoms with van der Waals surface area (Å²) in [6, 6.07) is 8.77. The normalized spacial score (nSPS) is 10.8. The number of nitro benzene ring substituents is 1. The SMILES string of the molecule is CNc1ccc(C(=O)OCC(=O)Nc2ccc(S(N)(=O)=O)cc2)cc1[N+](=O)[O-]. The van der Waals surface area contributed by atoms with Crippen LogP contribution in [0.25, 0.3) is 0 Å². The summed E-state index contributed by atoms with van der Waals surface area (Å²) in [5.41, 5.74) is 0.0945. The first kappa shape index (κ1) is 20.8. The van der Waals surface area contributed by atoms with E-state index in [4.69, 9.17) is 9.88 Å². The molecule has 0 heterocycles. The molecule has 2 aromatic carbocycles. The number of amides is 1. The highest BCUT2D eigenvalue weighted by atomic mass is 32.2. The van der Waals surface area contributed by atoms with Crippen molar-refractivity contribution in [1.82, 2.24) is 0 Å². The summed E-state index contributed by atoms with van der Waals surface area (Å²) in [5.74, 6) is -1.59. The second kappa shape index (κ2) is 8.45. The molecule has 0 aliphatic rings. The molecule has 28 heavy (non-hydrogen) atoms. The van der Waals surface area contributed by atoms with E-state index in [1.165, 1.54) is 43.4 Å². The van der Waals surface area contributed by atoms with Crippen LogP contribution >= 0.6 is 0 Å². The molecule has 11 nitrogen and oxygen atoms in total. The minimum absolute atomic E-state index is 0.0870. The molecule has 0 radical (unpaired) electrons. The first-order valence-corrected chi connectivity index (χ1v) is 9.22. The van der Waals surface area contributed by atoms with Gasteiger partial charge >= 0.3 is 5.97 Å². The largest absolute Gasteiger partial charge is 0.452 e. The number of benzene rings is 2. The van der Waals surface area contributed by atoms with E-state index in [9.17, 15) is 28.1 Å². The Bertz CT molecular complexity index is 1020. The molecule has 0 atom stereocenters. The molecule has 0 saturated carbocycles. The molecule has 0 fully saturated rings. The lowest BCUT2D eigenvalue weighted by atomic mass is 10.1. The van der Waals surface area contributed by atoms with E-state index in [0.29, 0.717) is 0 Å². The molecule has 0 unspecified atom stereocenters. The molecule has 2 aromatic rings. The van der Waals surface area contributed by atoms with E-state index in [2.05, 4.69) is 10.6 Å². The van der Waals surface area contributed by atoms with Crippen LogP contribution in [0.3, 0.4) is 0 Å². The second-order valence-electron chi connectivity index (χ2n) is 5.43. The van der Waals surface area contributed by atoms with Gasteiger partial charge in [-0.2, -0.15) is 0 Å². The third-order valence-electron chi connectivity index (χ3n) is 3.50. The van der Waals surface area contributed by atoms with Crippen molar-refractivity contribution in [2.45, 2.75) is 4.90 Å². The number of nitrogens with zero attached hydrogens (tertiary/aromatic N) is 1. The zero-order valence-corrected chi connectivity index (χ0v) is 15.4. The smallest absolute Gasteiger partial charge is 0.338 e. The number of nitrogens with two attached hydrogens (primary N) is 1. The number of nitro groups is 1. The van der Waals surface area contributed by atoms with Gasteiger partial charge in [-0.15, -0.1) is 0 Å². The van der Waals surface area contributed by atoms with Gasteiger partial charge in [0, 0.05) is 18.8 Å². The average Bonchev–Trinajstić information content (AvgIpc) is 2.65. The van der Waals surface area contributed by atoms with E-state index in [1.807, 2.05) is 0 Å². The summed E-state index contributed by atoms with van der Waals surface area (Å²) in [5, 5.41) is 21.0. The van der Waals surface area contributed by atoms with E-state index >= 15 is 0 Å². The number of anilines is 2. The summed E-state index contributed by atoms with van der Waals surface area (Å²) in [7, 11) is -2.35. The third kappa shape index (κ3) is 5.25. The number of carbonyl (C=O) groups excluding carboxylic acids is 2. The minimum Gasteiger partial charge on any atom is -0.452 e. The van der Waals surface area contributed by atoms with Crippen LogP contribution in [0.5, 0.6) is 0 Å². The molecule has 2 rings (SSSR count). The van der Waals surface area contributed by atoms with Crippen molar-refractivity contribution in [2.75, 3.05) is 24.3 Å². The fourth-order valence-corrected chi connectivity index (χ4v) is 2.68. The number of sulfonamides is 1. The van der Waals surface area contributed by atoms with Gasteiger partial charge in [0.15, 0.2) is 6.61 Å². The zero-order chi connectivity index (χ0) is 20.9. The van der Waals surface area contributed by atoms with Gasteiger partial charge in [-0.25, -0.2) is 18.4 Å². The average molecular weight is 408 g/mol. The molecule has 0 aromatic heterocycles. The highest BCUT2D eigenvalue weighted by Gasteiger charge is 2.18. The van der Waals surface area contributed by atoms with Crippen LogP contribution in [-0.4, -0.2) is 38.9 Å². The van der Waals surface area contributed by atoms with Gasteiger partial charge in [0.25, 0.3) is 11.6 Å². The predicted molar refractivity (Wildman–Crippen MR) is 99.4 cm³/mol. The van der Waals surface area contributed by atoms with E-state index in [1.54, 1.807) is 0 Å². The molecule has 1 amide bonds. The Kier molecular flexibility index (Phi) is 6.28. The maximum absolute atomic E-state index is 12.0. The summed E-state index contributed by atoms with van der Waals surface area (Å²) < 4.78 is 27.2. The van der Waals surface area contributed by atoms with Gasteiger partial charge in [-0.05, 0) is 36.4 Å². The predicted octanol–water partition coefficient (Wildman–Crippen LogP) is 1.08. The number of primary sulfonamides is 1. The Labute approximate surface area is 159 Å². The lowest BCUT2D eigenvalue weighted by molar-refractivity contribution is -0.384. The Morgan fingerprint density at radius 2 is 1.82 bits per heavy atom. The molecule has 148 valence electrons. The summed E-state index contributed by atoms with van der Waals surface area (Å²) in [6.45, 7) is -0.642. The van der Waals surface area contributed by atoms with E-state index < -0.39 is 33.4 Å². The van der Waals surface area contributed by atoms with Crippen molar-refractivity contribution in [3.63, 3.8) is 0 Å². The van der Waals surface area contributed by atoms with Crippen LogP contribution in [0, 0.1) is 10.1 Å². The van der Waals surface area contributed by atoms with Crippen molar-refractivity contribution in [1.29, 1.82) is 0 Å². The Morgan fingerprint density at radius 1 is 1.18 bits per heavy atom. The van der Waals surface area contributed by atoms with Crippen LogP contribution in [0.2, 0.25) is 0 Å². The van der Waals surface area contributed by atoms with Crippen molar-refractivity contribution in [3.8, 4) is 0 Å². The van der Waals surface area contributed by atoms with Crippen molar-refractivity contribution < 1.29 is 27.7 Å². The van der Waals surface area contributed by atoms with Crippen LogP contribution in [0.4, 0.5) is 17.1 Å². The lowest BCUT2D eigenvalue weighted by Crippen LogP contribution is -2.21. The topological polar surface area (TPSA) is 171 Å². The Hall–Kier alpha value is -3.51. The molecule has 12 heteroatoms. The molecule has 0 spiro atoms. The quantitative estimate of drug-likeness (QED) is 0.347. The molecule has 0 aliphatic heterocycles. The zero-order valence-electron chi connectivity index (χ0n) is 14.5. The van der Waals surface area contributed by atoms with Crippen LogP contribution < -0.4 is 15.8 Å². The van der Waals surface area contributed by atoms with Gasteiger partial charge in [-0.3, -0.25) is 14.9 Å². The molecule has 4 N–H and O–H groups in total. The van der Waals surface area contributed by atoms with Crippen molar-refractivity contribution >= 4 is 39.0 Å². The van der Waals surface area contributed by atoms with Crippen LogP contribution in [-0.2, 0) is 19.6 Å². The maximum Gasteiger partial charge on any atom is 0.338 e. The fraction of sp³-hybridized carbons (Fsp3) is 0.125. The number of esters is 1. The molecular weight excluding hydrogens is 392 g/mol. The lowest BCUT2D eigenvalue weighted by Gasteiger charge is -2.08. The van der Waals surface area contributed by atoms with Gasteiger partial charge in [0.2, 0.25) is 10.0 Å². The summed E-state index contributed by atoms with van der Waals surface area (Å²) >= 11 is 0. The second-order valence-corrected chi connectivity index (χ2v) is 6.99. The minimum atomic E-state index is -3.85. The first-order valence-electron chi connectivity index (χ1n) is 7.68. The standard InChI is InChI=1S/C16H16N4O7S/c1-18-13-7-2-10(8-14(13)20(23)24)16(22)27-9-15(21)19-11-3-5-12(6-4-11)28(17,25)26/h2-8,18H,9H2,1H3,(H,19,21)(H2,17,25,26). The van der Waals surface area contributed by atoms with Crippen molar-refractivity contribution in [3.05, 3.63) is 58.1 Å². The number of ether oxygens (including phenoxy) is 1. The van der Waals surface area contributed by atoms with Crippen LogP contribution in [0.15, 0.2) is 47.4 Å². The summed E-state index contributed by atoms with van der Waals surface area (Å²) in [4.78, 5) is 34.1.